The fourth-order valence-corrected chi connectivity index (χ4v) is 4.09. The van der Waals surface area contributed by atoms with Crippen LogP contribution in [0, 0.1) is 5.92 Å². The summed E-state index contributed by atoms with van der Waals surface area (Å²) in [6.45, 7) is 0. The van der Waals surface area contributed by atoms with Gasteiger partial charge in [-0.3, -0.25) is 14.6 Å². The molecule has 1 fully saturated rings. The van der Waals surface area contributed by atoms with Crippen LogP contribution in [-0.4, -0.2) is 23.6 Å². The van der Waals surface area contributed by atoms with Gasteiger partial charge in [0.1, 0.15) is 12.0 Å². The molecular weight excluding hydrogens is 410 g/mol. The van der Waals surface area contributed by atoms with Crippen molar-refractivity contribution in [1.82, 2.24) is 0 Å². The number of hydrogen-bond acceptors (Lipinski definition) is 4. The second-order valence-electron chi connectivity index (χ2n) is 7.36. The normalized spacial score (nSPS) is 20.5. The fourth-order valence-electron chi connectivity index (χ4n) is 3.97. The van der Waals surface area contributed by atoms with Crippen LogP contribution in [0.15, 0.2) is 96.1 Å². The van der Waals surface area contributed by atoms with E-state index in [9.17, 15) is 9.59 Å². The number of anilines is 2. The average molecular weight is 428 g/mol. The summed E-state index contributed by atoms with van der Waals surface area (Å²) in [5.74, 6) is -1.26. The second-order valence-corrected chi connectivity index (χ2v) is 7.80. The number of fused-ring (bicyclic) bond motifs is 1. The van der Waals surface area contributed by atoms with Crippen LogP contribution in [0.2, 0.25) is 5.02 Å². The van der Waals surface area contributed by atoms with Gasteiger partial charge >= 0.3 is 0 Å². The molecule has 5 nitrogen and oxygen atoms in total. The molecule has 5 rings (SSSR count). The first-order valence-electron chi connectivity index (χ1n) is 9.93. The third-order valence-electron chi connectivity index (χ3n) is 5.43. The lowest BCUT2D eigenvalue weighted by Gasteiger charge is -2.22. The van der Waals surface area contributed by atoms with E-state index in [1.54, 1.807) is 29.3 Å². The molecule has 0 saturated carbocycles. The highest BCUT2D eigenvalue weighted by atomic mass is 35.5. The van der Waals surface area contributed by atoms with Crippen molar-refractivity contribution >= 4 is 46.6 Å². The predicted molar refractivity (Wildman–Crippen MR) is 123 cm³/mol. The zero-order valence-corrected chi connectivity index (χ0v) is 17.2. The number of halogens is 1. The van der Waals surface area contributed by atoms with Crippen LogP contribution in [0.1, 0.15) is 5.56 Å². The number of allylic oxidation sites excluding steroid dienone is 1. The highest BCUT2D eigenvalue weighted by molar-refractivity contribution is 6.34. The SMILES string of the molecule is O=C1[C@@H]2C(/C=C/c3ccccc3)=NN(c3ccccc3)[C@H]2C(=O)N1c1ccc(Cl)cc1. The van der Waals surface area contributed by atoms with Gasteiger partial charge in [0.25, 0.3) is 5.91 Å². The average Bonchev–Trinajstić information content (AvgIpc) is 3.31. The highest BCUT2D eigenvalue weighted by Gasteiger charge is 2.56. The monoisotopic (exact) mass is 427 g/mol. The van der Waals surface area contributed by atoms with Crippen LogP contribution in [0.3, 0.4) is 0 Å². The van der Waals surface area contributed by atoms with Crippen molar-refractivity contribution in [3.63, 3.8) is 0 Å². The van der Waals surface area contributed by atoms with Crippen molar-refractivity contribution in [2.45, 2.75) is 6.04 Å². The first-order valence-corrected chi connectivity index (χ1v) is 10.3. The quantitative estimate of drug-likeness (QED) is 0.562. The van der Waals surface area contributed by atoms with Gasteiger partial charge in [0.15, 0.2) is 0 Å². The van der Waals surface area contributed by atoms with E-state index in [-0.39, 0.29) is 11.8 Å². The van der Waals surface area contributed by atoms with Crippen LogP contribution in [0.25, 0.3) is 6.08 Å². The zero-order valence-electron chi connectivity index (χ0n) is 16.4. The standard InChI is InChI=1S/C25H18ClN3O2/c26-18-12-14-19(15-13-18)28-24(30)22-21(16-11-17-7-3-1-4-8-17)27-29(23(22)25(28)31)20-9-5-2-6-10-20/h1-16,22-23H/b16-11+/t22-,23-/m1/s1. The van der Waals surface area contributed by atoms with Crippen molar-refractivity contribution in [1.29, 1.82) is 0 Å². The number of rotatable bonds is 4. The molecule has 2 aliphatic heterocycles. The largest absolute Gasteiger partial charge is 0.273 e. The fraction of sp³-hybridized carbons (Fsp3) is 0.0800. The molecule has 1 saturated heterocycles. The van der Waals surface area contributed by atoms with Crippen LogP contribution >= 0.6 is 11.6 Å². The summed E-state index contributed by atoms with van der Waals surface area (Å²) in [4.78, 5) is 28.1. The molecular formula is C25H18ClN3O2. The van der Waals surface area contributed by atoms with Gasteiger partial charge in [-0.15, -0.1) is 0 Å². The molecule has 2 atom stereocenters. The Morgan fingerprint density at radius 2 is 1.39 bits per heavy atom. The maximum atomic E-state index is 13.4. The summed E-state index contributed by atoms with van der Waals surface area (Å²) in [7, 11) is 0. The summed E-state index contributed by atoms with van der Waals surface area (Å²) in [6, 6.07) is 25.2. The summed E-state index contributed by atoms with van der Waals surface area (Å²) in [5.41, 5.74) is 2.83. The number of hydrazone groups is 1. The molecule has 2 amide bonds. The Bertz CT molecular complexity index is 1190. The molecule has 0 radical (unpaired) electrons. The van der Waals surface area contributed by atoms with E-state index >= 15 is 0 Å². The molecule has 0 bridgehead atoms. The number of carbonyl (C=O) groups excluding carboxylic acids is 2. The zero-order chi connectivity index (χ0) is 21.4. The first kappa shape index (κ1) is 19.3. The van der Waals surface area contributed by atoms with Gasteiger partial charge in [0, 0.05) is 5.02 Å². The number of nitrogens with zero attached hydrogens (tertiary/aromatic N) is 3. The Balaban J connectivity index is 1.56. The van der Waals surface area contributed by atoms with Gasteiger partial charge in [0.05, 0.1) is 17.1 Å². The summed E-state index contributed by atoms with van der Waals surface area (Å²) >= 11 is 5.99. The van der Waals surface area contributed by atoms with Gasteiger partial charge < -0.3 is 0 Å². The molecule has 2 heterocycles. The topological polar surface area (TPSA) is 53.0 Å². The van der Waals surface area contributed by atoms with Crippen molar-refractivity contribution in [2.24, 2.45) is 11.0 Å². The van der Waals surface area contributed by atoms with E-state index in [2.05, 4.69) is 5.10 Å². The number of imide groups is 1. The van der Waals surface area contributed by atoms with Crippen LogP contribution in [0.5, 0.6) is 0 Å². The number of benzene rings is 3. The molecule has 3 aromatic rings. The summed E-state index contributed by atoms with van der Waals surface area (Å²) < 4.78 is 0. The van der Waals surface area contributed by atoms with E-state index in [1.807, 2.05) is 72.8 Å². The van der Waals surface area contributed by atoms with Gasteiger partial charge in [-0.25, -0.2) is 4.90 Å². The number of amides is 2. The second kappa shape index (κ2) is 7.85. The minimum atomic E-state index is -0.721. The molecule has 0 spiro atoms. The maximum Gasteiger partial charge on any atom is 0.259 e. The molecule has 0 unspecified atom stereocenters. The summed E-state index contributed by atoms with van der Waals surface area (Å²) in [6.07, 6.45) is 3.74. The molecule has 31 heavy (non-hydrogen) atoms. The van der Waals surface area contributed by atoms with Crippen LogP contribution in [-0.2, 0) is 9.59 Å². The smallest absolute Gasteiger partial charge is 0.259 e. The molecule has 0 N–H and O–H groups in total. The molecule has 3 aromatic carbocycles. The van der Waals surface area contributed by atoms with Gasteiger partial charge in [-0.2, -0.15) is 5.10 Å². The van der Waals surface area contributed by atoms with Crippen LogP contribution < -0.4 is 9.91 Å². The summed E-state index contributed by atoms with van der Waals surface area (Å²) in [5, 5.41) is 6.88. The van der Waals surface area contributed by atoms with E-state index in [4.69, 9.17) is 11.6 Å². The molecule has 152 valence electrons. The van der Waals surface area contributed by atoms with Crippen molar-refractivity contribution < 1.29 is 9.59 Å². The van der Waals surface area contributed by atoms with E-state index in [1.165, 1.54) is 4.90 Å². The van der Waals surface area contributed by atoms with Gasteiger partial charge in [-0.1, -0.05) is 66.2 Å². The third-order valence-corrected chi connectivity index (χ3v) is 5.68. The first-order chi connectivity index (χ1) is 15.1. The van der Waals surface area contributed by atoms with Gasteiger partial charge in [-0.05, 0) is 48.0 Å². The highest BCUT2D eigenvalue weighted by Crippen LogP contribution is 2.38. The Labute approximate surface area is 184 Å². The Morgan fingerprint density at radius 3 is 2.06 bits per heavy atom. The molecule has 6 heteroatoms. The number of hydrogen-bond donors (Lipinski definition) is 0. The van der Waals surface area contributed by atoms with E-state index < -0.39 is 12.0 Å². The maximum absolute atomic E-state index is 13.4. The van der Waals surface area contributed by atoms with Crippen molar-refractivity contribution in [2.75, 3.05) is 9.91 Å². The minimum absolute atomic E-state index is 0.285. The minimum Gasteiger partial charge on any atom is -0.273 e. The lowest BCUT2D eigenvalue weighted by Crippen LogP contribution is -2.39. The van der Waals surface area contributed by atoms with Crippen molar-refractivity contribution in [3.8, 4) is 0 Å². The Kier molecular flexibility index (Phi) is 4.88. The Hall–Kier alpha value is -3.70. The number of para-hydroxylation sites is 1. The predicted octanol–water partition coefficient (Wildman–Crippen LogP) is 4.79. The number of carbonyl (C=O) groups is 2. The Morgan fingerprint density at radius 1 is 0.742 bits per heavy atom. The van der Waals surface area contributed by atoms with E-state index in [0.29, 0.717) is 16.4 Å². The van der Waals surface area contributed by atoms with Crippen LogP contribution in [0.4, 0.5) is 11.4 Å². The van der Waals surface area contributed by atoms with E-state index in [0.717, 1.165) is 11.3 Å². The van der Waals surface area contributed by atoms with Gasteiger partial charge in [0.2, 0.25) is 5.91 Å². The molecule has 2 aliphatic rings. The van der Waals surface area contributed by atoms with Crippen molar-refractivity contribution in [3.05, 3.63) is 102 Å². The molecule has 0 aliphatic carbocycles. The lowest BCUT2D eigenvalue weighted by atomic mass is 9.97. The molecule has 0 aromatic heterocycles. The third kappa shape index (κ3) is 3.43. The lowest BCUT2D eigenvalue weighted by molar-refractivity contribution is -0.121.